The summed E-state index contributed by atoms with van der Waals surface area (Å²) >= 11 is 0. The molecule has 0 radical (unpaired) electrons. The standard InChI is InChI=1S/C13H17FN2O/c1-2-9-10-6-8(4-3-5-15)7-11(14)12(10)16-13(9)17/h6-7,9H,2-5,15H2,1H3,(H,16,17). The van der Waals surface area contributed by atoms with Crippen LogP contribution in [-0.4, -0.2) is 12.5 Å². The Kier molecular flexibility index (Phi) is 3.43. The molecule has 1 aliphatic rings. The smallest absolute Gasteiger partial charge is 0.232 e. The number of aryl methyl sites for hydroxylation is 1. The molecule has 3 N–H and O–H groups in total. The van der Waals surface area contributed by atoms with Crippen molar-refractivity contribution in [3.05, 3.63) is 29.1 Å². The summed E-state index contributed by atoms with van der Waals surface area (Å²) in [5.74, 6) is -0.645. The van der Waals surface area contributed by atoms with Crippen LogP contribution in [0.15, 0.2) is 12.1 Å². The van der Waals surface area contributed by atoms with Gasteiger partial charge in [0, 0.05) is 0 Å². The molecule has 92 valence electrons. The average Bonchev–Trinajstić information content (AvgIpc) is 2.63. The minimum atomic E-state index is -0.334. The molecule has 0 bridgehead atoms. The third kappa shape index (κ3) is 2.17. The van der Waals surface area contributed by atoms with E-state index in [1.807, 2.05) is 13.0 Å². The fraction of sp³-hybridized carbons (Fsp3) is 0.462. The Morgan fingerprint density at radius 3 is 2.88 bits per heavy atom. The van der Waals surface area contributed by atoms with E-state index >= 15 is 0 Å². The van der Waals surface area contributed by atoms with E-state index in [1.54, 1.807) is 0 Å². The van der Waals surface area contributed by atoms with Gasteiger partial charge in [0.05, 0.1) is 11.6 Å². The van der Waals surface area contributed by atoms with Crippen molar-refractivity contribution < 1.29 is 9.18 Å². The van der Waals surface area contributed by atoms with E-state index in [2.05, 4.69) is 5.32 Å². The monoisotopic (exact) mass is 236 g/mol. The van der Waals surface area contributed by atoms with Crippen LogP contribution in [0.5, 0.6) is 0 Å². The van der Waals surface area contributed by atoms with Crippen LogP contribution in [0.1, 0.15) is 36.8 Å². The Morgan fingerprint density at radius 1 is 1.47 bits per heavy atom. The number of halogens is 1. The molecule has 1 unspecified atom stereocenters. The number of nitrogens with two attached hydrogens (primary N) is 1. The molecule has 3 nitrogen and oxygen atoms in total. The zero-order chi connectivity index (χ0) is 12.4. The van der Waals surface area contributed by atoms with Gasteiger partial charge in [0.15, 0.2) is 0 Å². The summed E-state index contributed by atoms with van der Waals surface area (Å²) in [6.07, 6.45) is 2.28. The molecule has 1 amide bonds. The van der Waals surface area contributed by atoms with E-state index in [0.29, 0.717) is 18.7 Å². The second-order valence-corrected chi connectivity index (χ2v) is 4.38. The Bertz CT molecular complexity index is 445. The Morgan fingerprint density at radius 2 is 2.24 bits per heavy atom. The Hall–Kier alpha value is -1.42. The maximum absolute atomic E-state index is 13.8. The van der Waals surface area contributed by atoms with Crippen LogP contribution >= 0.6 is 0 Å². The van der Waals surface area contributed by atoms with Gasteiger partial charge in [-0.05, 0) is 43.0 Å². The molecule has 0 saturated heterocycles. The number of benzene rings is 1. The fourth-order valence-electron chi connectivity index (χ4n) is 2.30. The number of hydrogen-bond acceptors (Lipinski definition) is 2. The number of carbonyl (C=O) groups is 1. The Balaban J connectivity index is 2.36. The molecule has 1 aliphatic heterocycles. The van der Waals surface area contributed by atoms with Gasteiger partial charge in [-0.15, -0.1) is 0 Å². The summed E-state index contributed by atoms with van der Waals surface area (Å²) in [4.78, 5) is 11.6. The number of fused-ring (bicyclic) bond motifs is 1. The van der Waals surface area contributed by atoms with Crippen LogP contribution < -0.4 is 11.1 Å². The lowest BCUT2D eigenvalue weighted by atomic mass is 9.95. The first kappa shape index (κ1) is 12.0. The van der Waals surface area contributed by atoms with E-state index in [0.717, 1.165) is 24.0 Å². The van der Waals surface area contributed by atoms with Gasteiger partial charge in [-0.3, -0.25) is 4.79 Å². The van der Waals surface area contributed by atoms with Gasteiger partial charge in [-0.1, -0.05) is 13.0 Å². The fourth-order valence-corrected chi connectivity index (χ4v) is 2.30. The van der Waals surface area contributed by atoms with Crippen molar-refractivity contribution in [1.82, 2.24) is 0 Å². The normalized spacial score (nSPS) is 18.1. The van der Waals surface area contributed by atoms with Crippen molar-refractivity contribution in [1.29, 1.82) is 0 Å². The van der Waals surface area contributed by atoms with Crippen molar-refractivity contribution in [2.45, 2.75) is 32.1 Å². The third-order valence-corrected chi connectivity index (χ3v) is 3.20. The van der Waals surface area contributed by atoms with Crippen LogP contribution in [0.2, 0.25) is 0 Å². The summed E-state index contributed by atoms with van der Waals surface area (Å²) in [6.45, 7) is 2.52. The van der Waals surface area contributed by atoms with Crippen molar-refractivity contribution in [2.75, 3.05) is 11.9 Å². The highest BCUT2D eigenvalue weighted by Gasteiger charge is 2.31. The van der Waals surface area contributed by atoms with Gasteiger partial charge in [0.2, 0.25) is 5.91 Å². The zero-order valence-electron chi connectivity index (χ0n) is 9.92. The predicted octanol–water partition coefficient (Wildman–Crippen LogP) is 2.16. The molecule has 4 heteroatoms. The minimum Gasteiger partial charge on any atom is -0.330 e. The van der Waals surface area contributed by atoms with Crippen molar-refractivity contribution in [3.8, 4) is 0 Å². The lowest BCUT2D eigenvalue weighted by Gasteiger charge is -2.08. The molecule has 0 spiro atoms. The molecule has 1 aromatic rings. The van der Waals surface area contributed by atoms with E-state index in [9.17, 15) is 9.18 Å². The SMILES string of the molecule is CCC1C(=O)Nc2c(F)cc(CCCN)cc21. The molecule has 17 heavy (non-hydrogen) atoms. The summed E-state index contributed by atoms with van der Waals surface area (Å²) in [7, 11) is 0. The second kappa shape index (κ2) is 4.84. The van der Waals surface area contributed by atoms with Crippen LogP contribution in [0.4, 0.5) is 10.1 Å². The predicted molar refractivity (Wildman–Crippen MR) is 65.4 cm³/mol. The van der Waals surface area contributed by atoms with Gasteiger partial charge >= 0.3 is 0 Å². The molecule has 0 aliphatic carbocycles. The quantitative estimate of drug-likeness (QED) is 0.841. The summed E-state index contributed by atoms with van der Waals surface area (Å²) in [5, 5.41) is 2.61. The topological polar surface area (TPSA) is 55.1 Å². The molecule has 2 rings (SSSR count). The van der Waals surface area contributed by atoms with Gasteiger partial charge in [0.1, 0.15) is 5.82 Å². The number of rotatable bonds is 4. The largest absolute Gasteiger partial charge is 0.330 e. The van der Waals surface area contributed by atoms with Crippen LogP contribution in [-0.2, 0) is 11.2 Å². The summed E-state index contributed by atoms with van der Waals surface area (Å²) in [6, 6.07) is 3.42. The first-order chi connectivity index (χ1) is 8.17. The maximum atomic E-state index is 13.8. The molecule has 0 aromatic heterocycles. The van der Waals surface area contributed by atoms with Crippen LogP contribution in [0, 0.1) is 5.82 Å². The number of carbonyl (C=O) groups excluding carboxylic acids is 1. The van der Waals surface area contributed by atoms with E-state index in [-0.39, 0.29) is 17.6 Å². The van der Waals surface area contributed by atoms with E-state index < -0.39 is 0 Å². The number of amides is 1. The molecule has 1 heterocycles. The zero-order valence-corrected chi connectivity index (χ0v) is 9.92. The highest BCUT2D eigenvalue weighted by molar-refractivity contribution is 6.03. The Labute approximate surface area is 100 Å². The van der Waals surface area contributed by atoms with Crippen LogP contribution in [0.25, 0.3) is 0 Å². The van der Waals surface area contributed by atoms with Gasteiger partial charge in [-0.2, -0.15) is 0 Å². The molecule has 0 fully saturated rings. The van der Waals surface area contributed by atoms with Crippen molar-refractivity contribution in [3.63, 3.8) is 0 Å². The highest BCUT2D eigenvalue weighted by atomic mass is 19.1. The maximum Gasteiger partial charge on any atom is 0.232 e. The van der Waals surface area contributed by atoms with Gasteiger partial charge in [-0.25, -0.2) is 4.39 Å². The van der Waals surface area contributed by atoms with Gasteiger partial charge < -0.3 is 11.1 Å². The van der Waals surface area contributed by atoms with Crippen molar-refractivity contribution in [2.24, 2.45) is 5.73 Å². The highest BCUT2D eigenvalue weighted by Crippen LogP contribution is 2.37. The first-order valence-corrected chi connectivity index (χ1v) is 6.00. The molecule has 1 aromatic carbocycles. The van der Waals surface area contributed by atoms with E-state index in [4.69, 9.17) is 5.73 Å². The molecule has 1 atom stereocenters. The summed E-state index contributed by atoms with van der Waals surface area (Å²) in [5.41, 5.74) is 7.52. The molecule has 0 saturated carbocycles. The third-order valence-electron chi connectivity index (χ3n) is 3.20. The number of nitrogens with one attached hydrogen (secondary N) is 1. The molecular weight excluding hydrogens is 219 g/mol. The average molecular weight is 236 g/mol. The van der Waals surface area contributed by atoms with Crippen LogP contribution in [0.3, 0.4) is 0 Å². The minimum absolute atomic E-state index is 0.0997. The number of hydrogen-bond donors (Lipinski definition) is 2. The summed E-state index contributed by atoms with van der Waals surface area (Å²) < 4.78 is 13.8. The molecular formula is C13H17FN2O. The van der Waals surface area contributed by atoms with E-state index in [1.165, 1.54) is 6.07 Å². The lowest BCUT2D eigenvalue weighted by Crippen LogP contribution is -2.10. The first-order valence-electron chi connectivity index (χ1n) is 6.00. The lowest BCUT2D eigenvalue weighted by molar-refractivity contribution is -0.117. The van der Waals surface area contributed by atoms with Gasteiger partial charge in [0.25, 0.3) is 0 Å². The number of anilines is 1. The van der Waals surface area contributed by atoms with Crippen molar-refractivity contribution >= 4 is 11.6 Å². The second-order valence-electron chi connectivity index (χ2n) is 4.38.